The second-order valence-electron chi connectivity index (χ2n) is 5.87. The lowest BCUT2D eigenvalue weighted by molar-refractivity contribution is -0.120. The molecule has 1 heterocycles. The van der Waals surface area contributed by atoms with Crippen LogP contribution in [0.15, 0.2) is 42.5 Å². The van der Waals surface area contributed by atoms with Crippen LogP contribution in [0.3, 0.4) is 0 Å². The molecule has 0 bridgehead atoms. The molecule has 0 aliphatic rings. The fourth-order valence-corrected chi connectivity index (χ4v) is 2.67. The molecule has 8 heteroatoms. The van der Waals surface area contributed by atoms with E-state index in [9.17, 15) is 14.0 Å². The average Bonchev–Trinajstić information content (AvgIpc) is 3.09. The topological polar surface area (TPSA) is 96.1 Å². The lowest BCUT2D eigenvalue weighted by Gasteiger charge is -2.08. The fourth-order valence-electron chi connectivity index (χ4n) is 2.67. The quantitative estimate of drug-likeness (QED) is 0.553. The van der Waals surface area contributed by atoms with Gasteiger partial charge in [-0.25, -0.2) is 4.39 Å². The maximum absolute atomic E-state index is 13.6. The highest BCUT2D eigenvalue weighted by molar-refractivity contribution is 6.04. The third-order valence-electron chi connectivity index (χ3n) is 4.00. The van der Waals surface area contributed by atoms with E-state index in [0.717, 1.165) is 10.9 Å². The van der Waals surface area contributed by atoms with Crippen LogP contribution in [0.2, 0.25) is 0 Å². The minimum atomic E-state index is -0.513. The van der Waals surface area contributed by atoms with Gasteiger partial charge in [0.05, 0.1) is 19.0 Å². The van der Waals surface area contributed by atoms with Crippen LogP contribution < -0.4 is 15.4 Å². The Kier molecular flexibility index (Phi) is 5.65. The standard InChI is InChI=1S/C19H19FN4O3/c1-27-16-7-6-12(10-14(16)20)11-17(25)21-8-9-22-19(26)18-13-4-2-3-5-15(13)23-24-18/h2-7,10H,8-9,11H2,1H3,(H,21,25)(H,22,26)(H,23,24). The van der Waals surface area contributed by atoms with Gasteiger partial charge in [0.25, 0.3) is 5.91 Å². The maximum atomic E-state index is 13.6. The van der Waals surface area contributed by atoms with E-state index in [1.54, 1.807) is 6.07 Å². The molecule has 3 N–H and O–H groups in total. The third-order valence-corrected chi connectivity index (χ3v) is 4.00. The maximum Gasteiger partial charge on any atom is 0.272 e. The summed E-state index contributed by atoms with van der Waals surface area (Å²) in [5.74, 6) is -0.966. The van der Waals surface area contributed by atoms with Crippen molar-refractivity contribution in [2.24, 2.45) is 0 Å². The van der Waals surface area contributed by atoms with Crippen molar-refractivity contribution in [3.8, 4) is 5.75 Å². The van der Waals surface area contributed by atoms with Crippen molar-refractivity contribution in [2.45, 2.75) is 6.42 Å². The van der Waals surface area contributed by atoms with E-state index in [-0.39, 0.29) is 37.1 Å². The second kappa shape index (κ2) is 8.31. The van der Waals surface area contributed by atoms with E-state index >= 15 is 0 Å². The highest BCUT2D eigenvalue weighted by atomic mass is 19.1. The number of nitrogens with one attached hydrogen (secondary N) is 3. The Labute approximate surface area is 154 Å². The number of H-pyrrole nitrogens is 1. The summed E-state index contributed by atoms with van der Waals surface area (Å²) in [6.45, 7) is 0.508. The van der Waals surface area contributed by atoms with Crippen molar-refractivity contribution < 1.29 is 18.7 Å². The minimum Gasteiger partial charge on any atom is -0.494 e. The molecule has 140 valence electrons. The van der Waals surface area contributed by atoms with Gasteiger partial charge in [-0.05, 0) is 23.8 Å². The number of aromatic amines is 1. The molecule has 27 heavy (non-hydrogen) atoms. The summed E-state index contributed by atoms with van der Waals surface area (Å²) in [6.07, 6.45) is 0.0405. The number of rotatable bonds is 7. The van der Waals surface area contributed by atoms with Crippen LogP contribution in [0, 0.1) is 5.82 Å². The van der Waals surface area contributed by atoms with Crippen molar-refractivity contribution in [2.75, 3.05) is 20.2 Å². The zero-order chi connectivity index (χ0) is 19.2. The molecule has 0 atom stereocenters. The van der Waals surface area contributed by atoms with Crippen LogP contribution in [-0.2, 0) is 11.2 Å². The molecule has 3 rings (SSSR count). The van der Waals surface area contributed by atoms with Gasteiger partial charge in [0.2, 0.25) is 5.91 Å². The molecular weight excluding hydrogens is 351 g/mol. The summed E-state index contributed by atoms with van der Waals surface area (Å²) >= 11 is 0. The fraction of sp³-hybridized carbons (Fsp3) is 0.211. The first-order valence-electron chi connectivity index (χ1n) is 8.39. The predicted octanol–water partition coefficient (Wildman–Crippen LogP) is 1.80. The van der Waals surface area contributed by atoms with Gasteiger partial charge in [0.15, 0.2) is 17.3 Å². The smallest absolute Gasteiger partial charge is 0.272 e. The van der Waals surface area contributed by atoms with Crippen LogP contribution in [0.5, 0.6) is 5.75 Å². The van der Waals surface area contributed by atoms with Gasteiger partial charge in [-0.2, -0.15) is 5.10 Å². The van der Waals surface area contributed by atoms with Gasteiger partial charge in [0, 0.05) is 18.5 Å². The molecule has 2 aromatic carbocycles. The summed E-state index contributed by atoms with van der Waals surface area (Å²) < 4.78 is 18.5. The van der Waals surface area contributed by atoms with Gasteiger partial charge in [-0.1, -0.05) is 24.3 Å². The van der Waals surface area contributed by atoms with Crippen LogP contribution in [0.4, 0.5) is 4.39 Å². The number of hydrogen-bond donors (Lipinski definition) is 3. The molecule has 0 fully saturated rings. The number of nitrogens with zero attached hydrogens (tertiary/aromatic N) is 1. The molecule has 1 aromatic heterocycles. The minimum absolute atomic E-state index is 0.0405. The largest absolute Gasteiger partial charge is 0.494 e. The number of benzene rings is 2. The van der Waals surface area contributed by atoms with E-state index in [1.807, 2.05) is 24.3 Å². The molecule has 0 aliphatic carbocycles. The van der Waals surface area contributed by atoms with E-state index in [2.05, 4.69) is 20.8 Å². The lowest BCUT2D eigenvalue weighted by atomic mass is 10.1. The number of methoxy groups -OCH3 is 1. The third kappa shape index (κ3) is 4.41. The molecule has 0 saturated heterocycles. The average molecular weight is 370 g/mol. The van der Waals surface area contributed by atoms with Crippen LogP contribution in [-0.4, -0.2) is 42.2 Å². The molecule has 3 aromatic rings. The van der Waals surface area contributed by atoms with Crippen LogP contribution in [0.25, 0.3) is 10.9 Å². The van der Waals surface area contributed by atoms with Crippen LogP contribution in [0.1, 0.15) is 16.1 Å². The zero-order valence-electron chi connectivity index (χ0n) is 14.7. The summed E-state index contributed by atoms with van der Waals surface area (Å²) in [4.78, 5) is 24.1. The van der Waals surface area contributed by atoms with Gasteiger partial charge in [0.1, 0.15) is 0 Å². The highest BCUT2D eigenvalue weighted by Crippen LogP contribution is 2.18. The first-order valence-corrected chi connectivity index (χ1v) is 8.39. The Bertz CT molecular complexity index is 970. The first kappa shape index (κ1) is 18.4. The number of hydrogen-bond acceptors (Lipinski definition) is 4. The number of ether oxygens (including phenoxy) is 1. The van der Waals surface area contributed by atoms with Crippen molar-refractivity contribution in [3.05, 3.63) is 59.5 Å². The molecule has 0 spiro atoms. The number of amides is 2. The number of carbonyl (C=O) groups is 2. The normalized spacial score (nSPS) is 10.6. The second-order valence-corrected chi connectivity index (χ2v) is 5.87. The Morgan fingerprint density at radius 3 is 2.70 bits per heavy atom. The van der Waals surface area contributed by atoms with Crippen molar-refractivity contribution >= 4 is 22.7 Å². The summed E-state index contributed by atoms with van der Waals surface area (Å²) in [5, 5.41) is 12.9. The number of para-hydroxylation sites is 1. The molecule has 0 saturated carbocycles. The number of carbonyl (C=O) groups excluding carboxylic acids is 2. The molecule has 7 nitrogen and oxygen atoms in total. The van der Waals surface area contributed by atoms with E-state index in [0.29, 0.717) is 11.3 Å². The van der Waals surface area contributed by atoms with Crippen molar-refractivity contribution in [1.82, 2.24) is 20.8 Å². The first-order chi connectivity index (χ1) is 13.1. The Morgan fingerprint density at radius 2 is 1.93 bits per heavy atom. The Hall–Kier alpha value is -3.42. The Morgan fingerprint density at radius 1 is 1.15 bits per heavy atom. The number of aromatic nitrogens is 2. The summed E-state index contributed by atoms with van der Waals surface area (Å²) in [5.41, 5.74) is 1.63. The van der Waals surface area contributed by atoms with Gasteiger partial charge >= 0.3 is 0 Å². The Balaban J connectivity index is 1.45. The molecular formula is C19H19FN4O3. The van der Waals surface area contributed by atoms with Gasteiger partial charge in [-0.15, -0.1) is 0 Å². The molecule has 0 aliphatic heterocycles. The van der Waals surface area contributed by atoms with E-state index in [1.165, 1.54) is 19.2 Å². The van der Waals surface area contributed by atoms with Crippen molar-refractivity contribution in [3.63, 3.8) is 0 Å². The van der Waals surface area contributed by atoms with E-state index in [4.69, 9.17) is 4.74 Å². The predicted molar refractivity (Wildman–Crippen MR) is 98.1 cm³/mol. The lowest BCUT2D eigenvalue weighted by Crippen LogP contribution is -2.35. The molecule has 0 radical (unpaired) electrons. The van der Waals surface area contributed by atoms with Gasteiger partial charge < -0.3 is 15.4 Å². The van der Waals surface area contributed by atoms with Crippen LogP contribution >= 0.6 is 0 Å². The zero-order valence-corrected chi connectivity index (χ0v) is 14.7. The highest BCUT2D eigenvalue weighted by Gasteiger charge is 2.13. The number of halogens is 1. The van der Waals surface area contributed by atoms with Crippen molar-refractivity contribution in [1.29, 1.82) is 0 Å². The molecule has 2 amide bonds. The van der Waals surface area contributed by atoms with E-state index < -0.39 is 5.82 Å². The number of fused-ring (bicyclic) bond motifs is 1. The SMILES string of the molecule is COc1ccc(CC(=O)NCCNC(=O)c2n[nH]c3ccccc23)cc1F. The van der Waals surface area contributed by atoms with Gasteiger partial charge in [-0.3, -0.25) is 14.7 Å². The monoisotopic (exact) mass is 370 g/mol. The summed E-state index contributed by atoms with van der Waals surface area (Å²) in [7, 11) is 1.38. The summed E-state index contributed by atoms with van der Waals surface area (Å²) in [6, 6.07) is 11.7. The molecule has 0 unspecified atom stereocenters.